The molecule has 0 aromatic heterocycles. The van der Waals surface area contributed by atoms with Gasteiger partial charge in [-0.25, -0.2) is 0 Å². The van der Waals surface area contributed by atoms with Crippen LogP contribution in [0.4, 0.5) is 0 Å². The molecule has 3 aliphatic carbocycles. The van der Waals surface area contributed by atoms with Crippen LogP contribution in [0.3, 0.4) is 0 Å². The van der Waals surface area contributed by atoms with Crippen molar-refractivity contribution < 1.29 is 0 Å². The van der Waals surface area contributed by atoms with Gasteiger partial charge < -0.3 is 0 Å². The number of fused-ring (bicyclic) bond motifs is 13. The largest absolute Gasteiger partial charge is 0.0725 e. The van der Waals surface area contributed by atoms with Gasteiger partial charge in [0, 0.05) is 0 Å². The van der Waals surface area contributed by atoms with Crippen molar-refractivity contribution in [2.45, 2.75) is 5.41 Å². The lowest BCUT2D eigenvalue weighted by atomic mass is 9.70. The van der Waals surface area contributed by atoms with Crippen LogP contribution in [0.5, 0.6) is 0 Å². The molecule has 0 saturated heterocycles. The van der Waals surface area contributed by atoms with Crippen molar-refractivity contribution in [3.63, 3.8) is 0 Å². The molecule has 0 unspecified atom stereocenters. The zero-order chi connectivity index (χ0) is 26.7. The van der Waals surface area contributed by atoms with Gasteiger partial charge in [0.2, 0.25) is 0 Å². The summed E-state index contributed by atoms with van der Waals surface area (Å²) >= 11 is 0. The molecule has 0 fully saturated rings. The highest BCUT2D eigenvalue weighted by Gasteiger charge is 2.51. The Bertz CT molecular complexity index is 2190. The lowest BCUT2D eigenvalue weighted by Gasteiger charge is -2.30. The second-order valence-electron chi connectivity index (χ2n) is 11.5. The molecule has 41 heavy (non-hydrogen) atoms. The topological polar surface area (TPSA) is 0 Å². The van der Waals surface area contributed by atoms with Crippen LogP contribution in [-0.4, -0.2) is 0 Å². The quantitative estimate of drug-likeness (QED) is 0.204. The van der Waals surface area contributed by atoms with E-state index in [1.165, 1.54) is 88.7 Å². The van der Waals surface area contributed by atoms with Crippen LogP contribution in [0, 0.1) is 0 Å². The van der Waals surface area contributed by atoms with Crippen molar-refractivity contribution in [1.82, 2.24) is 0 Å². The third kappa shape index (κ3) is 2.44. The zero-order valence-electron chi connectivity index (χ0n) is 22.4. The van der Waals surface area contributed by atoms with Crippen LogP contribution in [0.15, 0.2) is 146 Å². The number of hydrogen-bond acceptors (Lipinski definition) is 0. The second-order valence-corrected chi connectivity index (χ2v) is 11.5. The maximum Gasteiger partial charge on any atom is 0.0725 e. The first-order valence-electron chi connectivity index (χ1n) is 14.5. The van der Waals surface area contributed by atoms with E-state index < -0.39 is 0 Å². The molecule has 1 spiro atoms. The van der Waals surface area contributed by atoms with Crippen molar-refractivity contribution in [2.24, 2.45) is 0 Å². The van der Waals surface area contributed by atoms with Crippen molar-refractivity contribution in [3.05, 3.63) is 168 Å². The third-order valence-corrected chi connectivity index (χ3v) is 9.86. The standard InChI is InChI=1S/C41H24/c1-2-12-26-25(11-1)30-16-9-17-31-27(23-24-33(26)39(30)31)32-18-10-22-38-40(32)34-15-5-8-21-37(34)41(38)35-19-6-3-13-28(35)29-14-4-7-20-36(29)41/h1-24H. The summed E-state index contributed by atoms with van der Waals surface area (Å²) in [6.45, 7) is 0. The molecule has 3 aliphatic rings. The summed E-state index contributed by atoms with van der Waals surface area (Å²) in [5.41, 5.74) is 18.6. The molecular weight excluding hydrogens is 492 g/mol. The van der Waals surface area contributed by atoms with E-state index in [1.807, 2.05) is 0 Å². The van der Waals surface area contributed by atoms with Gasteiger partial charge in [-0.3, -0.25) is 0 Å². The van der Waals surface area contributed by atoms with E-state index >= 15 is 0 Å². The van der Waals surface area contributed by atoms with E-state index in [9.17, 15) is 0 Å². The van der Waals surface area contributed by atoms with E-state index in [0.29, 0.717) is 0 Å². The molecule has 0 saturated carbocycles. The van der Waals surface area contributed by atoms with Crippen molar-refractivity contribution in [1.29, 1.82) is 0 Å². The molecular formula is C41H24. The Morgan fingerprint density at radius 2 is 0.707 bits per heavy atom. The molecule has 0 aliphatic heterocycles. The first-order valence-corrected chi connectivity index (χ1v) is 14.5. The molecule has 0 atom stereocenters. The molecule has 0 bridgehead atoms. The highest BCUT2D eigenvalue weighted by Crippen LogP contribution is 2.64. The molecule has 0 heteroatoms. The van der Waals surface area contributed by atoms with Gasteiger partial charge in [-0.1, -0.05) is 146 Å². The molecule has 0 nitrogen and oxygen atoms in total. The van der Waals surface area contributed by atoms with Crippen LogP contribution < -0.4 is 0 Å². The Morgan fingerprint density at radius 1 is 0.268 bits per heavy atom. The molecule has 7 aromatic rings. The fraction of sp³-hybridized carbons (Fsp3) is 0.0244. The first kappa shape index (κ1) is 21.6. The van der Waals surface area contributed by atoms with Crippen LogP contribution in [0.1, 0.15) is 22.3 Å². The van der Waals surface area contributed by atoms with Gasteiger partial charge in [0.15, 0.2) is 0 Å². The maximum atomic E-state index is 2.38. The Kier molecular flexibility index (Phi) is 3.95. The highest BCUT2D eigenvalue weighted by molar-refractivity contribution is 6.19. The number of benzene rings is 7. The van der Waals surface area contributed by atoms with Crippen molar-refractivity contribution in [3.8, 4) is 55.6 Å². The summed E-state index contributed by atoms with van der Waals surface area (Å²) in [4.78, 5) is 0. The van der Waals surface area contributed by atoms with Gasteiger partial charge in [-0.2, -0.15) is 0 Å². The molecule has 0 amide bonds. The molecule has 0 radical (unpaired) electrons. The molecule has 10 rings (SSSR count). The normalized spacial score (nSPS) is 14.0. The molecule has 0 N–H and O–H groups in total. The third-order valence-electron chi connectivity index (χ3n) is 9.86. The summed E-state index contributed by atoms with van der Waals surface area (Å²) in [5, 5.41) is 2.71. The Morgan fingerprint density at radius 3 is 1.39 bits per heavy atom. The van der Waals surface area contributed by atoms with E-state index in [4.69, 9.17) is 0 Å². The van der Waals surface area contributed by atoms with E-state index in [1.54, 1.807) is 0 Å². The van der Waals surface area contributed by atoms with E-state index in [-0.39, 0.29) is 5.41 Å². The van der Waals surface area contributed by atoms with Gasteiger partial charge in [0.1, 0.15) is 0 Å². The molecule has 7 aromatic carbocycles. The van der Waals surface area contributed by atoms with Gasteiger partial charge in [0.05, 0.1) is 5.41 Å². The average molecular weight is 517 g/mol. The summed E-state index contributed by atoms with van der Waals surface area (Å²) < 4.78 is 0. The predicted octanol–water partition coefficient (Wildman–Crippen LogP) is 10.5. The van der Waals surface area contributed by atoms with Gasteiger partial charge in [0.25, 0.3) is 0 Å². The highest BCUT2D eigenvalue weighted by atomic mass is 14.5. The fourth-order valence-corrected chi connectivity index (χ4v) is 8.41. The lowest BCUT2D eigenvalue weighted by Crippen LogP contribution is -2.25. The van der Waals surface area contributed by atoms with Gasteiger partial charge >= 0.3 is 0 Å². The van der Waals surface area contributed by atoms with Crippen LogP contribution in [0.2, 0.25) is 0 Å². The van der Waals surface area contributed by atoms with E-state index in [2.05, 4.69) is 146 Å². The Labute approximate surface area is 239 Å². The predicted molar refractivity (Wildman–Crippen MR) is 170 cm³/mol. The summed E-state index contributed by atoms with van der Waals surface area (Å²) in [7, 11) is 0. The van der Waals surface area contributed by atoms with Gasteiger partial charge in [-0.15, -0.1) is 0 Å². The number of rotatable bonds is 1. The SMILES string of the molecule is c1ccc2c(c1)-c1cccc3c(-c4cccc5c4-c4ccccc4C54c5ccccc5-c5ccccc54)ccc-2c13. The minimum Gasteiger partial charge on any atom is -0.0619 e. The monoisotopic (exact) mass is 516 g/mol. The minimum absolute atomic E-state index is 0.319. The second kappa shape index (κ2) is 7.50. The van der Waals surface area contributed by atoms with E-state index in [0.717, 1.165) is 0 Å². The van der Waals surface area contributed by atoms with Crippen LogP contribution in [0.25, 0.3) is 66.4 Å². The number of hydrogen-bond donors (Lipinski definition) is 0. The zero-order valence-corrected chi connectivity index (χ0v) is 22.4. The lowest BCUT2D eigenvalue weighted by molar-refractivity contribution is 0.794. The maximum absolute atomic E-state index is 2.38. The summed E-state index contributed by atoms with van der Waals surface area (Å²) in [5.74, 6) is 0. The van der Waals surface area contributed by atoms with Crippen molar-refractivity contribution >= 4 is 10.8 Å². The fourth-order valence-electron chi connectivity index (χ4n) is 8.41. The summed E-state index contributed by atoms with van der Waals surface area (Å²) in [6.07, 6.45) is 0. The first-order chi connectivity index (χ1) is 20.4. The molecule has 188 valence electrons. The average Bonchev–Trinajstić information content (AvgIpc) is 3.65. The minimum atomic E-state index is -0.319. The van der Waals surface area contributed by atoms with Crippen molar-refractivity contribution in [2.75, 3.05) is 0 Å². The summed E-state index contributed by atoms with van der Waals surface area (Å²) in [6, 6.07) is 54.6. The Balaban J connectivity index is 1.33. The smallest absolute Gasteiger partial charge is 0.0619 e. The Hall–Kier alpha value is -5.20. The van der Waals surface area contributed by atoms with Gasteiger partial charge in [-0.05, 0) is 88.7 Å². The molecule has 0 heterocycles. The van der Waals surface area contributed by atoms with Crippen LogP contribution in [-0.2, 0) is 5.41 Å². The van der Waals surface area contributed by atoms with Crippen LogP contribution >= 0.6 is 0 Å².